The van der Waals surface area contributed by atoms with Crippen molar-refractivity contribution in [1.29, 1.82) is 0 Å². The molecule has 1 fully saturated rings. The molecule has 22 heavy (non-hydrogen) atoms. The molecule has 3 rings (SSSR count). The monoisotopic (exact) mass is 297 g/mol. The van der Waals surface area contributed by atoms with Gasteiger partial charge in [0.05, 0.1) is 0 Å². The molecule has 0 aromatic carbocycles. The Balaban J connectivity index is 1.69. The van der Waals surface area contributed by atoms with E-state index in [1.165, 1.54) is 6.42 Å². The molecular formula is C18H23N3O. The zero-order chi connectivity index (χ0) is 15.4. The van der Waals surface area contributed by atoms with Gasteiger partial charge in [0.15, 0.2) is 0 Å². The van der Waals surface area contributed by atoms with E-state index in [9.17, 15) is 4.79 Å². The predicted octanol–water partition coefficient (Wildman–Crippen LogP) is 3.05. The van der Waals surface area contributed by atoms with Crippen molar-refractivity contribution >= 4 is 5.91 Å². The van der Waals surface area contributed by atoms with E-state index in [0.717, 1.165) is 43.6 Å². The van der Waals surface area contributed by atoms with Crippen LogP contribution in [0.2, 0.25) is 0 Å². The third-order valence-corrected chi connectivity index (χ3v) is 4.51. The van der Waals surface area contributed by atoms with Crippen LogP contribution in [0.25, 0.3) is 0 Å². The molecule has 0 unspecified atom stereocenters. The van der Waals surface area contributed by atoms with E-state index in [1.807, 2.05) is 48.3 Å². The first-order valence-corrected chi connectivity index (χ1v) is 8.08. The summed E-state index contributed by atoms with van der Waals surface area (Å²) in [7, 11) is 1.93. The summed E-state index contributed by atoms with van der Waals surface area (Å²) in [6.07, 6.45) is 9.11. The molecule has 0 radical (unpaired) electrons. The van der Waals surface area contributed by atoms with Crippen LogP contribution in [0.3, 0.4) is 0 Å². The minimum Gasteiger partial charge on any atom is -0.347 e. The van der Waals surface area contributed by atoms with Gasteiger partial charge in [-0.1, -0.05) is 6.07 Å². The van der Waals surface area contributed by atoms with Gasteiger partial charge in [0.25, 0.3) is 5.91 Å². The maximum absolute atomic E-state index is 12.8. The fraction of sp³-hybridized carbons (Fsp3) is 0.444. The van der Waals surface area contributed by atoms with Crippen molar-refractivity contribution in [1.82, 2.24) is 14.5 Å². The van der Waals surface area contributed by atoms with Gasteiger partial charge in [0.2, 0.25) is 0 Å². The lowest BCUT2D eigenvalue weighted by Gasteiger charge is -2.36. The molecular weight excluding hydrogens is 274 g/mol. The molecule has 4 heteroatoms. The molecule has 4 nitrogen and oxygen atoms in total. The summed E-state index contributed by atoms with van der Waals surface area (Å²) < 4.78 is 1.91. The molecule has 2 aromatic heterocycles. The second-order valence-electron chi connectivity index (χ2n) is 6.01. The van der Waals surface area contributed by atoms with Crippen LogP contribution < -0.4 is 0 Å². The highest BCUT2D eigenvalue weighted by atomic mass is 16.2. The molecule has 0 spiro atoms. The van der Waals surface area contributed by atoms with E-state index in [-0.39, 0.29) is 5.91 Å². The van der Waals surface area contributed by atoms with Crippen LogP contribution in [0, 0.1) is 0 Å². The number of carbonyl (C=O) groups excluding carboxylic acids is 1. The van der Waals surface area contributed by atoms with Gasteiger partial charge in [-0.25, -0.2) is 0 Å². The van der Waals surface area contributed by atoms with Crippen LogP contribution in [0.5, 0.6) is 0 Å². The zero-order valence-corrected chi connectivity index (χ0v) is 13.1. The Kier molecular flexibility index (Phi) is 4.56. The Morgan fingerprint density at radius 1 is 1.27 bits per heavy atom. The normalized spacial score (nSPS) is 18.4. The van der Waals surface area contributed by atoms with Gasteiger partial charge >= 0.3 is 0 Å². The second-order valence-corrected chi connectivity index (χ2v) is 6.01. The number of amides is 1. The Labute approximate surface area is 131 Å². The van der Waals surface area contributed by atoms with E-state index < -0.39 is 0 Å². The number of nitrogens with zero attached hydrogens (tertiary/aromatic N) is 3. The molecule has 1 saturated heterocycles. The Hall–Kier alpha value is -2.10. The van der Waals surface area contributed by atoms with Crippen molar-refractivity contribution < 1.29 is 4.79 Å². The van der Waals surface area contributed by atoms with Gasteiger partial charge in [0.1, 0.15) is 5.69 Å². The minimum atomic E-state index is 0.165. The molecule has 3 heterocycles. The van der Waals surface area contributed by atoms with Crippen molar-refractivity contribution in [3.05, 3.63) is 54.1 Å². The maximum atomic E-state index is 12.8. The maximum Gasteiger partial charge on any atom is 0.270 e. The molecule has 1 aliphatic heterocycles. The smallest absolute Gasteiger partial charge is 0.270 e. The number of aryl methyl sites for hydroxylation is 2. The highest BCUT2D eigenvalue weighted by molar-refractivity contribution is 5.93. The number of rotatable bonds is 4. The second kappa shape index (κ2) is 6.77. The van der Waals surface area contributed by atoms with E-state index in [4.69, 9.17) is 0 Å². The van der Waals surface area contributed by atoms with Gasteiger partial charge < -0.3 is 9.47 Å². The van der Waals surface area contributed by atoms with Gasteiger partial charge in [-0.3, -0.25) is 9.78 Å². The van der Waals surface area contributed by atoms with Crippen molar-refractivity contribution in [3.63, 3.8) is 0 Å². The topological polar surface area (TPSA) is 38.1 Å². The number of hydrogen-bond donors (Lipinski definition) is 0. The molecule has 0 saturated carbocycles. The first-order valence-electron chi connectivity index (χ1n) is 8.08. The molecule has 1 atom stereocenters. The summed E-state index contributed by atoms with van der Waals surface area (Å²) in [6.45, 7) is 0.872. The zero-order valence-electron chi connectivity index (χ0n) is 13.1. The summed E-state index contributed by atoms with van der Waals surface area (Å²) in [5, 5.41) is 0. The lowest BCUT2D eigenvalue weighted by Crippen LogP contribution is -2.44. The number of carbonyl (C=O) groups is 1. The van der Waals surface area contributed by atoms with Crippen molar-refractivity contribution in [2.45, 2.75) is 38.1 Å². The number of pyridine rings is 1. The first-order chi connectivity index (χ1) is 10.8. The number of aromatic nitrogens is 2. The van der Waals surface area contributed by atoms with Crippen LogP contribution in [-0.4, -0.2) is 32.9 Å². The van der Waals surface area contributed by atoms with Gasteiger partial charge in [-0.15, -0.1) is 0 Å². The molecule has 116 valence electrons. The predicted molar refractivity (Wildman–Crippen MR) is 86.6 cm³/mol. The van der Waals surface area contributed by atoms with Gasteiger partial charge in [0, 0.05) is 37.7 Å². The van der Waals surface area contributed by atoms with Crippen molar-refractivity contribution in [2.24, 2.45) is 7.05 Å². The highest BCUT2D eigenvalue weighted by Gasteiger charge is 2.28. The Bertz CT molecular complexity index is 620. The third-order valence-electron chi connectivity index (χ3n) is 4.51. The average Bonchev–Trinajstić information content (AvgIpc) is 2.99. The fourth-order valence-electron chi connectivity index (χ4n) is 3.26. The van der Waals surface area contributed by atoms with E-state index >= 15 is 0 Å². The highest BCUT2D eigenvalue weighted by Crippen LogP contribution is 2.23. The van der Waals surface area contributed by atoms with Crippen molar-refractivity contribution in [3.8, 4) is 0 Å². The van der Waals surface area contributed by atoms with Crippen LogP contribution in [0.1, 0.15) is 41.9 Å². The SMILES string of the molecule is Cn1cccc1C(=O)N1CCCC[C@H]1CCc1ccccn1. The summed E-state index contributed by atoms with van der Waals surface area (Å²) in [6, 6.07) is 10.2. The lowest BCUT2D eigenvalue weighted by molar-refractivity contribution is 0.0592. The van der Waals surface area contributed by atoms with Crippen LogP contribution in [0.4, 0.5) is 0 Å². The summed E-state index contributed by atoms with van der Waals surface area (Å²) in [5.41, 5.74) is 1.89. The lowest BCUT2D eigenvalue weighted by atomic mass is 9.96. The molecule has 0 N–H and O–H groups in total. The molecule has 1 amide bonds. The van der Waals surface area contributed by atoms with Crippen LogP contribution in [0.15, 0.2) is 42.7 Å². The van der Waals surface area contributed by atoms with Crippen LogP contribution in [-0.2, 0) is 13.5 Å². The number of likely N-dealkylation sites (tertiary alicyclic amines) is 1. The quantitative estimate of drug-likeness (QED) is 0.870. The number of piperidine rings is 1. The van der Waals surface area contributed by atoms with Crippen molar-refractivity contribution in [2.75, 3.05) is 6.54 Å². The number of hydrogen-bond acceptors (Lipinski definition) is 2. The molecule has 0 bridgehead atoms. The third kappa shape index (κ3) is 3.21. The standard InChI is InChI=1S/C18H23N3O/c1-20-13-6-9-17(20)18(22)21-14-5-3-8-16(21)11-10-15-7-2-4-12-19-15/h2,4,6-7,9,12-13,16H,3,5,8,10-11,14H2,1H3/t16-/m0/s1. The largest absolute Gasteiger partial charge is 0.347 e. The van der Waals surface area contributed by atoms with E-state index in [0.29, 0.717) is 6.04 Å². The van der Waals surface area contributed by atoms with Gasteiger partial charge in [-0.2, -0.15) is 0 Å². The fourth-order valence-corrected chi connectivity index (χ4v) is 3.26. The molecule has 2 aromatic rings. The summed E-state index contributed by atoms with van der Waals surface area (Å²) >= 11 is 0. The average molecular weight is 297 g/mol. The summed E-state index contributed by atoms with van der Waals surface area (Å²) in [5.74, 6) is 0.165. The van der Waals surface area contributed by atoms with Crippen LogP contribution >= 0.6 is 0 Å². The van der Waals surface area contributed by atoms with E-state index in [2.05, 4.69) is 16.0 Å². The minimum absolute atomic E-state index is 0.165. The Morgan fingerprint density at radius 3 is 2.91 bits per heavy atom. The van der Waals surface area contributed by atoms with Gasteiger partial charge in [-0.05, 0) is 56.4 Å². The molecule has 1 aliphatic rings. The Morgan fingerprint density at radius 2 is 2.18 bits per heavy atom. The molecule has 0 aliphatic carbocycles. The first kappa shape index (κ1) is 14.8. The summed E-state index contributed by atoms with van der Waals surface area (Å²) in [4.78, 5) is 19.3. The van der Waals surface area contributed by atoms with E-state index in [1.54, 1.807) is 0 Å².